The fraction of sp³-hybridized carbons (Fsp3) is 0.357. The first-order valence-corrected chi connectivity index (χ1v) is 7.19. The van der Waals surface area contributed by atoms with Crippen molar-refractivity contribution in [3.05, 3.63) is 45.7 Å². The zero-order valence-electron chi connectivity index (χ0n) is 11.9. The van der Waals surface area contributed by atoms with Crippen LogP contribution in [0.4, 0.5) is 0 Å². The number of esters is 1. The van der Waals surface area contributed by atoms with E-state index >= 15 is 0 Å². The summed E-state index contributed by atoms with van der Waals surface area (Å²) in [6, 6.07) is 7.90. The van der Waals surface area contributed by atoms with Crippen molar-refractivity contribution in [2.24, 2.45) is 0 Å². The Labute approximate surface area is 131 Å². The average molecular weight is 354 g/mol. The van der Waals surface area contributed by atoms with E-state index in [1.165, 1.54) is 7.11 Å². The predicted octanol–water partition coefficient (Wildman–Crippen LogP) is 2.06. The Morgan fingerprint density at radius 2 is 2.19 bits per heavy atom. The number of benzene rings is 1. The molecular weight excluding hydrogens is 338 g/mol. The van der Waals surface area contributed by atoms with Crippen LogP contribution in [0.5, 0.6) is 0 Å². The number of hydrogen-bond donors (Lipinski definition) is 0. The van der Waals surface area contributed by atoms with E-state index < -0.39 is 5.97 Å². The summed E-state index contributed by atoms with van der Waals surface area (Å²) >= 11 is 3.44. The summed E-state index contributed by atoms with van der Waals surface area (Å²) in [4.78, 5) is 11.7. The van der Waals surface area contributed by atoms with Crippen molar-refractivity contribution < 1.29 is 14.3 Å². The van der Waals surface area contributed by atoms with E-state index in [4.69, 9.17) is 9.47 Å². The standard InChI is InChI=1S/C14H16BrN3O3/c1-20-7-6-12-13(14(19)21-2)16-17-18(12)9-10-4-3-5-11(15)8-10/h3-5,8H,6-7,9H2,1-2H3. The zero-order valence-corrected chi connectivity index (χ0v) is 13.5. The van der Waals surface area contributed by atoms with Gasteiger partial charge in [-0.1, -0.05) is 33.3 Å². The minimum absolute atomic E-state index is 0.240. The van der Waals surface area contributed by atoms with Crippen molar-refractivity contribution in [2.75, 3.05) is 20.8 Å². The maximum absolute atomic E-state index is 11.7. The van der Waals surface area contributed by atoms with Crippen LogP contribution in [0.3, 0.4) is 0 Å². The first-order valence-electron chi connectivity index (χ1n) is 6.39. The number of carbonyl (C=O) groups is 1. The molecule has 0 fully saturated rings. The summed E-state index contributed by atoms with van der Waals surface area (Å²) in [5.41, 5.74) is 2.01. The van der Waals surface area contributed by atoms with Crippen molar-refractivity contribution in [2.45, 2.75) is 13.0 Å². The fourth-order valence-electron chi connectivity index (χ4n) is 1.97. The number of halogens is 1. The van der Waals surface area contributed by atoms with E-state index in [0.717, 1.165) is 10.0 Å². The van der Waals surface area contributed by atoms with Gasteiger partial charge < -0.3 is 9.47 Å². The molecule has 0 unspecified atom stereocenters. The van der Waals surface area contributed by atoms with Gasteiger partial charge in [-0.15, -0.1) is 5.10 Å². The van der Waals surface area contributed by atoms with Gasteiger partial charge in [-0.3, -0.25) is 0 Å². The average Bonchev–Trinajstić information content (AvgIpc) is 2.87. The highest BCUT2D eigenvalue weighted by Gasteiger charge is 2.20. The molecule has 0 bridgehead atoms. The lowest BCUT2D eigenvalue weighted by Crippen LogP contribution is -2.12. The Balaban J connectivity index is 2.29. The summed E-state index contributed by atoms with van der Waals surface area (Å²) in [6.45, 7) is 1.01. The SMILES string of the molecule is COCCc1c(C(=O)OC)nnn1Cc1cccc(Br)c1. The van der Waals surface area contributed by atoms with Gasteiger partial charge >= 0.3 is 5.97 Å². The summed E-state index contributed by atoms with van der Waals surface area (Å²) in [7, 11) is 2.94. The van der Waals surface area contributed by atoms with Gasteiger partial charge in [0, 0.05) is 18.0 Å². The van der Waals surface area contributed by atoms with Crippen molar-refractivity contribution in [3.8, 4) is 0 Å². The molecule has 0 N–H and O–H groups in total. The number of hydrogen-bond acceptors (Lipinski definition) is 5. The monoisotopic (exact) mass is 353 g/mol. The van der Waals surface area contributed by atoms with Crippen LogP contribution >= 0.6 is 15.9 Å². The van der Waals surface area contributed by atoms with Crippen molar-refractivity contribution >= 4 is 21.9 Å². The summed E-state index contributed by atoms with van der Waals surface area (Å²) < 4.78 is 12.5. The first kappa shape index (κ1) is 15.7. The Morgan fingerprint density at radius 1 is 1.38 bits per heavy atom. The van der Waals surface area contributed by atoms with Gasteiger partial charge in [0.25, 0.3) is 0 Å². The van der Waals surface area contributed by atoms with E-state index in [2.05, 4.69) is 26.2 Å². The summed E-state index contributed by atoms with van der Waals surface area (Å²) in [6.07, 6.45) is 0.544. The molecule has 0 saturated heterocycles. The lowest BCUT2D eigenvalue weighted by molar-refractivity contribution is 0.0592. The molecule has 0 amide bonds. The molecule has 7 heteroatoms. The van der Waals surface area contributed by atoms with Crippen molar-refractivity contribution in [3.63, 3.8) is 0 Å². The molecule has 0 aliphatic rings. The number of nitrogens with zero attached hydrogens (tertiary/aromatic N) is 3. The van der Waals surface area contributed by atoms with Gasteiger partial charge in [0.2, 0.25) is 0 Å². The second-order valence-electron chi connectivity index (χ2n) is 4.41. The zero-order chi connectivity index (χ0) is 15.2. The smallest absolute Gasteiger partial charge is 0.360 e. The fourth-order valence-corrected chi connectivity index (χ4v) is 2.42. The maximum Gasteiger partial charge on any atom is 0.360 e. The molecule has 0 radical (unpaired) electrons. The lowest BCUT2D eigenvalue weighted by atomic mass is 10.2. The third kappa shape index (κ3) is 3.89. The van der Waals surface area contributed by atoms with Crippen molar-refractivity contribution in [1.82, 2.24) is 15.0 Å². The number of aromatic nitrogens is 3. The molecule has 21 heavy (non-hydrogen) atoms. The minimum atomic E-state index is -0.485. The topological polar surface area (TPSA) is 66.2 Å². The molecule has 1 heterocycles. The Hall–Kier alpha value is -1.73. The van der Waals surface area contributed by atoms with Crippen LogP contribution in [0.1, 0.15) is 21.7 Å². The Morgan fingerprint density at radius 3 is 2.86 bits per heavy atom. The van der Waals surface area contributed by atoms with Crippen LogP contribution in [0, 0.1) is 0 Å². The van der Waals surface area contributed by atoms with Gasteiger partial charge in [0.15, 0.2) is 5.69 Å². The van der Waals surface area contributed by atoms with Crippen LogP contribution in [-0.4, -0.2) is 41.8 Å². The number of rotatable bonds is 6. The lowest BCUT2D eigenvalue weighted by Gasteiger charge is -2.08. The van der Waals surface area contributed by atoms with Gasteiger partial charge in [0.05, 0.1) is 26.0 Å². The van der Waals surface area contributed by atoms with E-state index in [0.29, 0.717) is 25.3 Å². The van der Waals surface area contributed by atoms with Crippen molar-refractivity contribution in [1.29, 1.82) is 0 Å². The molecule has 0 atom stereocenters. The maximum atomic E-state index is 11.7. The molecule has 0 aliphatic carbocycles. The number of carbonyl (C=O) groups excluding carboxylic acids is 1. The quantitative estimate of drug-likeness (QED) is 0.743. The van der Waals surface area contributed by atoms with Crippen LogP contribution in [0.2, 0.25) is 0 Å². The third-order valence-electron chi connectivity index (χ3n) is 2.98. The first-order chi connectivity index (χ1) is 10.2. The second kappa shape index (κ2) is 7.33. The van der Waals surface area contributed by atoms with Gasteiger partial charge in [0.1, 0.15) is 0 Å². The highest BCUT2D eigenvalue weighted by Crippen LogP contribution is 2.15. The molecule has 2 aromatic rings. The molecule has 112 valence electrons. The molecule has 0 spiro atoms. The van der Waals surface area contributed by atoms with Gasteiger partial charge in [-0.05, 0) is 17.7 Å². The Kier molecular flexibility index (Phi) is 5.46. The van der Waals surface area contributed by atoms with E-state index in [1.54, 1.807) is 11.8 Å². The Bertz CT molecular complexity index is 628. The second-order valence-corrected chi connectivity index (χ2v) is 5.32. The third-order valence-corrected chi connectivity index (χ3v) is 3.47. The number of ether oxygens (including phenoxy) is 2. The largest absolute Gasteiger partial charge is 0.464 e. The van der Waals surface area contributed by atoms with Gasteiger partial charge in [-0.2, -0.15) is 0 Å². The summed E-state index contributed by atoms with van der Waals surface area (Å²) in [5, 5.41) is 7.99. The van der Waals surface area contributed by atoms with E-state index in [9.17, 15) is 4.79 Å². The van der Waals surface area contributed by atoms with Crippen LogP contribution in [0.25, 0.3) is 0 Å². The minimum Gasteiger partial charge on any atom is -0.464 e. The van der Waals surface area contributed by atoms with Gasteiger partial charge in [-0.25, -0.2) is 9.48 Å². The molecule has 1 aromatic heterocycles. The van der Waals surface area contributed by atoms with Crippen LogP contribution in [0.15, 0.2) is 28.7 Å². The molecule has 1 aromatic carbocycles. The molecular formula is C14H16BrN3O3. The normalized spacial score (nSPS) is 10.6. The molecule has 0 saturated carbocycles. The summed E-state index contributed by atoms with van der Waals surface area (Å²) in [5.74, 6) is -0.485. The highest BCUT2D eigenvalue weighted by atomic mass is 79.9. The molecule has 2 rings (SSSR count). The number of methoxy groups -OCH3 is 2. The highest BCUT2D eigenvalue weighted by molar-refractivity contribution is 9.10. The van der Waals surface area contributed by atoms with E-state index in [1.807, 2.05) is 24.3 Å². The predicted molar refractivity (Wildman–Crippen MR) is 80.2 cm³/mol. The van der Waals surface area contributed by atoms with E-state index in [-0.39, 0.29) is 5.69 Å². The molecule has 6 nitrogen and oxygen atoms in total. The van der Waals surface area contributed by atoms with Crippen LogP contribution in [-0.2, 0) is 22.4 Å². The molecule has 0 aliphatic heterocycles. The van der Waals surface area contributed by atoms with Crippen LogP contribution < -0.4 is 0 Å².